The van der Waals surface area contributed by atoms with Gasteiger partial charge in [0, 0.05) is 5.56 Å². The van der Waals surface area contributed by atoms with E-state index in [1.165, 1.54) is 0 Å². The van der Waals surface area contributed by atoms with E-state index < -0.39 is 27.6 Å². The molecule has 1 heterocycles. The molecule has 3 aromatic rings. The summed E-state index contributed by atoms with van der Waals surface area (Å²) in [5.74, 6) is 0.629. The summed E-state index contributed by atoms with van der Waals surface area (Å²) in [7, 11) is -3.88. The number of esters is 1. The largest absolute Gasteiger partial charge is 0.405 e. The summed E-state index contributed by atoms with van der Waals surface area (Å²) in [4.78, 5) is 18.4. The van der Waals surface area contributed by atoms with Crippen molar-refractivity contribution in [2.24, 2.45) is 4.99 Å². The average molecular weight is 525 g/mol. The van der Waals surface area contributed by atoms with Crippen LogP contribution in [0.2, 0.25) is 0 Å². The fraction of sp³-hybridized carbons (Fsp3) is 0.357. The predicted octanol–water partition coefficient (Wildman–Crippen LogP) is 5.52. The Balaban J connectivity index is 1.70. The number of thioether (sulfide) groups is 1. The van der Waals surface area contributed by atoms with Crippen LogP contribution in [0.3, 0.4) is 0 Å². The standard InChI is InChI=1S/C28H32N2O4S2/c1-5-25(30-36(32,33)24-14-12-20(13-15-24)19(2)3)28(16-17-35-4)27(31)34-26(29-28)23-11-10-21-8-6-7-9-22(21)18-23/h6-15,18-19,25,30H,5,16-17H2,1-4H3/t25-,28-/m0/s1. The first-order chi connectivity index (χ1) is 17.2. The number of rotatable bonds is 10. The van der Waals surface area contributed by atoms with Gasteiger partial charge in [0.25, 0.3) is 0 Å². The van der Waals surface area contributed by atoms with Crippen molar-refractivity contribution in [2.75, 3.05) is 12.0 Å². The minimum absolute atomic E-state index is 0.162. The lowest BCUT2D eigenvalue weighted by Gasteiger charge is -2.31. The molecule has 3 aromatic carbocycles. The monoisotopic (exact) mass is 524 g/mol. The van der Waals surface area contributed by atoms with E-state index in [4.69, 9.17) is 9.73 Å². The van der Waals surface area contributed by atoms with Crippen LogP contribution in [0.1, 0.15) is 50.7 Å². The zero-order valence-corrected chi connectivity index (χ0v) is 22.7. The molecule has 0 radical (unpaired) electrons. The summed E-state index contributed by atoms with van der Waals surface area (Å²) in [6, 6.07) is 19.8. The zero-order chi connectivity index (χ0) is 25.9. The number of carbonyl (C=O) groups is 1. The Morgan fingerprint density at radius 1 is 1.03 bits per heavy atom. The number of carbonyl (C=O) groups excluding carboxylic acids is 1. The molecular formula is C28H32N2O4S2. The molecule has 0 spiro atoms. The number of nitrogens with one attached hydrogen (secondary N) is 1. The van der Waals surface area contributed by atoms with Crippen molar-refractivity contribution in [2.45, 2.75) is 56.0 Å². The maximum Gasteiger partial charge on any atom is 0.342 e. The van der Waals surface area contributed by atoms with Gasteiger partial charge in [0.15, 0.2) is 5.54 Å². The summed E-state index contributed by atoms with van der Waals surface area (Å²) in [5, 5.41) is 2.08. The summed E-state index contributed by atoms with van der Waals surface area (Å²) in [6.45, 7) is 5.97. The minimum Gasteiger partial charge on any atom is -0.405 e. The second kappa shape index (κ2) is 10.7. The van der Waals surface area contributed by atoms with Gasteiger partial charge in [-0.05, 0) is 71.4 Å². The quantitative estimate of drug-likeness (QED) is 0.353. The van der Waals surface area contributed by atoms with Crippen LogP contribution in [0.5, 0.6) is 0 Å². The Morgan fingerprint density at radius 2 is 1.72 bits per heavy atom. The van der Waals surface area contributed by atoms with Gasteiger partial charge in [-0.3, -0.25) is 0 Å². The van der Waals surface area contributed by atoms with Gasteiger partial charge in [0.05, 0.1) is 10.9 Å². The highest BCUT2D eigenvalue weighted by atomic mass is 32.2. The molecule has 1 N–H and O–H groups in total. The number of sulfonamides is 1. The third-order valence-electron chi connectivity index (χ3n) is 6.67. The van der Waals surface area contributed by atoms with Gasteiger partial charge in [-0.25, -0.2) is 22.9 Å². The van der Waals surface area contributed by atoms with Gasteiger partial charge in [-0.1, -0.05) is 63.2 Å². The second-order valence-corrected chi connectivity index (χ2v) is 12.0. The number of aliphatic imine (C=N–C) groups is 1. The molecule has 0 fully saturated rings. The lowest BCUT2D eigenvalue weighted by Crippen LogP contribution is -2.55. The van der Waals surface area contributed by atoms with Crippen molar-refractivity contribution in [3.8, 4) is 0 Å². The molecule has 0 bridgehead atoms. The number of nitrogens with zero attached hydrogens (tertiary/aromatic N) is 1. The summed E-state index contributed by atoms with van der Waals surface area (Å²) in [5.41, 5.74) is 0.403. The molecule has 0 aliphatic carbocycles. The molecule has 1 aliphatic rings. The molecular weight excluding hydrogens is 492 g/mol. The van der Waals surface area contributed by atoms with Crippen LogP contribution in [0, 0.1) is 0 Å². The first-order valence-electron chi connectivity index (χ1n) is 12.1. The molecule has 190 valence electrons. The highest BCUT2D eigenvalue weighted by Crippen LogP contribution is 2.34. The van der Waals surface area contributed by atoms with Crippen molar-refractivity contribution >= 4 is 44.4 Å². The molecule has 0 saturated carbocycles. The van der Waals surface area contributed by atoms with Crippen LogP contribution in [-0.2, 0) is 19.6 Å². The van der Waals surface area contributed by atoms with Crippen molar-refractivity contribution < 1.29 is 17.9 Å². The van der Waals surface area contributed by atoms with Gasteiger partial charge in [0.2, 0.25) is 15.9 Å². The van der Waals surface area contributed by atoms with E-state index in [0.717, 1.165) is 16.3 Å². The second-order valence-electron chi connectivity index (χ2n) is 9.34. The normalized spacial score (nSPS) is 18.9. The first-order valence-corrected chi connectivity index (χ1v) is 15.0. The zero-order valence-electron chi connectivity index (χ0n) is 21.0. The average Bonchev–Trinajstić information content (AvgIpc) is 3.22. The molecule has 0 amide bonds. The number of benzene rings is 3. The van der Waals surface area contributed by atoms with Crippen molar-refractivity contribution in [1.29, 1.82) is 0 Å². The third kappa shape index (κ3) is 5.21. The van der Waals surface area contributed by atoms with Crippen LogP contribution in [0.25, 0.3) is 10.8 Å². The van der Waals surface area contributed by atoms with E-state index in [1.54, 1.807) is 23.9 Å². The minimum atomic E-state index is -3.88. The topological polar surface area (TPSA) is 84.8 Å². The SMILES string of the molecule is CC[C@H](NS(=O)(=O)c1ccc(C(C)C)cc1)[C@]1(CCSC)N=C(c2ccc3ccccc3c2)OC1=O. The van der Waals surface area contributed by atoms with E-state index >= 15 is 0 Å². The summed E-state index contributed by atoms with van der Waals surface area (Å²) in [6.07, 6.45) is 2.68. The fourth-order valence-corrected chi connectivity index (χ4v) is 6.37. The predicted molar refractivity (Wildman–Crippen MR) is 147 cm³/mol. The van der Waals surface area contributed by atoms with Gasteiger partial charge >= 0.3 is 5.97 Å². The van der Waals surface area contributed by atoms with E-state index in [-0.39, 0.29) is 10.8 Å². The number of hydrogen-bond acceptors (Lipinski definition) is 6. The highest BCUT2D eigenvalue weighted by molar-refractivity contribution is 7.98. The Labute approximate surface area is 217 Å². The van der Waals surface area contributed by atoms with E-state index in [1.807, 2.05) is 67.8 Å². The first kappa shape index (κ1) is 26.4. The van der Waals surface area contributed by atoms with Crippen LogP contribution in [-0.4, -0.2) is 43.9 Å². The molecule has 8 heteroatoms. The molecule has 1 aliphatic heterocycles. The molecule has 0 aromatic heterocycles. The Hall–Kier alpha value is -2.68. The molecule has 6 nitrogen and oxygen atoms in total. The molecule has 0 unspecified atom stereocenters. The number of cyclic esters (lactones) is 1. The fourth-order valence-electron chi connectivity index (χ4n) is 4.49. The Morgan fingerprint density at radius 3 is 2.36 bits per heavy atom. The summed E-state index contributed by atoms with van der Waals surface area (Å²) >= 11 is 1.58. The molecule has 4 rings (SSSR count). The van der Waals surface area contributed by atoms with Crippen LogP contribution >= 0.6 is 11.8 Å². The molecule has 36 heavy (non-hydrogen) atoms. The Bertz CT molecular complexity index is 1380. The Kier molecular flexibility index (Phi) is 7.87. The van der Waals surface area contributed by atoms with Crippen LogP contribution in [0.4, 0.5) is 0 Å². The lowest BCUT2D eigenvalue weighted by molar-refractivity contribution is -0.140. The smallest absolute Gasteiger partial charge is 0.342 e. The van der Waals surface area contributed by atoms with Crippen molar-refractivity contribution in [3.63, 3.8) is 0 Å². The van der Waals surface area contributed by atoms with Crippen molar-refractivity contribution in [1.82, 2.24) is 4.72 Å². The van der Waals surface area contributed by atoms with Crippen LogP contribution < -0.4 is 4.72 Å². The van der Waals surface area contributed by atoms with Crippen LogP contribution in [0.15, 0.2) is 76.6 Å². The lowest BCUT2D eigenvalue weighted by atomic mass is 9.87. The third-order valence-corrected chi connectivity index (χ3v) is 8.77. The molecule has 0 saturated heterocycles. The maximum atomic E-state index is 13.4. The molecule has 2 atom stereocenters. The number of fused-ring (bicyclic) bond motifs is 1. The van der Waals surface area contributed by atoms with Gasteiger partial charge in [0.1, 0.15) is 0 Å². The van der Waals surface area contributed by atoms with Gasteiger partial charge in [-0.15, -0.1) is 0 Å². The van der Waals surface area contributed by atoms with Gasteiger partial charge < -0.3 is 4.74 Å². The number of hydrogen-bond donors (Lipinski definition) is 1. The van der Waals surface area contributed by atoms with E-state index in [2.05, 4.69) is 18.6 Å². The highest BCUT2D eigenvalue weighted by Gasteiger charge is 2.52. The number of ether oxygens (including phenoxy) is 1. The maximum absolute atomic E-state index is 13.4. The van der Waals surface area contributed by atoms with E-state index in [0.29, 0.717) is 30.1 Å². The summed E-state index contributed by atoms with van der Waals surface area (Å²) < 4.78 is 35.2. The van der Waals surface area contributed by atoms with Crippen molar-refractivity contribution in [3.05, 3.63) is 77.9 Å². The van der Waals surface area contributed by atoms with E-state index in [9.17, 15) is 13.2 Å². The van der Waals surface area contributed by atoms with Gasteiger partial charge in [-0.2, -0.15) is 11.8 Å².